The van der Waals surface area contributed by atoms with Gasteiger partial charge in [-0.25, -0.2) is 0 Å². The van der Waals surface area contributed by atoms with Crippen LogP contribution in [0.3, 0.4) is 0 Å². The Bertz CT molecular complexity index is 2420. The van der Waals surface area contributed by atoms with Crippen LogP contribution in [-0.4, -0.2) is 18.7 Å². The van der Waals surface area contributed by atoms with Crippen molar-refractivity contribution in [2.75, 3.05) is 16.9 Å². The van der Waals surface area contributed by atoms with E-state index in [-0.39, 0.29) is 18.0 Å². The van der Waals surface area contributed by atoms with Gasteiger partial charge < -0.3 is 14.5 Å². The van der Waals surface area contributed by atoms with Crippen LogP contribution in [0.4, 0.5) is 34.1 Å². The molecular weight excluding hydrogens is 689 g/mol. The lowest BCUT2D eigenvalue weighted by atomic mass is 10.1. The van der Waals surface area contributed by atoms with Crippen LogP contribution in [0.1, 0.15) is 46.0 Å². The molecule has 0 aromatic heterocycles. The minimum Gasteiger partial charge on any atom is -0.497 e. The number of methoxy groups -OCH3 is 1. The Morgan fingerprint density at radius 3 is 1.07 bits per heavy atom. The number of para-hydroxylation sites is 2. The van der Waals surface area contributed by atoms with Gasteiger partial charge in [-0.1, -0.05) is 109 Å². The minimum absolute atomic E-state index is 0.0875. The lowest BCUT2D eigenvalue weighted by molar-refractivity contribution is -0.116. The van der Waals surface area contributed by atoms with E-state index in [1.165, 1.54) is 6.92 Å². The molecule has 7 aromatic carbocycles. The molecule has 0 saturated carbocycles. The fourth-order valence-electron chi connectivity index (χ4n) is 6.48. The van der Waals surface area contributed by atoms with Crippen molar-refractivity contribution >= 4 is 70.0 Å². The summed E-state index contributed by atoms with van der Waals surface area (Å²) in [4.78, 5) is 28.3. The largest absolute Gasteiger partial charge is 0.497 e. The van der Waals surface area contributed by atoms with Gasteiger partial charge >= 0.3 is 0 Å². The predicted molar refractivity (Wildman–Crippen MR) is 233 cm³/mol. The number of benzene rings is 7. The molecular formula is C51H42N2O3. The molecule has 0 amide bonds. The second kappa shape index (κ2) is 17.7. The van der Waals surface area contributed by atoms with Crippen LogP contribution >= 0.6 is 0 Å². The fraction of sp³-hybridized carbons (Fsp3) is 0.0588. The maximum absolute atomic E-state index is 12.4. The number of rotatable bonds is 14. The van der Waals surface area contributed by atoms with Crippen LogP contribution in [0, 0.1) is 0 Å². The number of ether oxygens (including phenoxy) is 1. The molecule has 0 aliphatic carbocycles. The van der Waals surface area contributed by atoms with Crippen molar-refractivity contribution in [1.29, 1.82) is 0 Å². The third-order valence-corrected chi connectivity index (χ3v) is 9.39. The average Bonchev–Trinajstić information content (AvgIpc) is 3.25. The summed E-state index contributed by atoms with van der Waals surface area (Å²) in [5.74, 6) is 0.519. The molecule has 5 heteroatoms. The van der Waals surface area contributed by atoms with Gasteiger partial charge in [0.25, 0.3) is 0 Å². The highest BCUT2D eigenvalue weighted by molar-refractivity contribution is 6.07. The number of ketones is 2. The van der Waals surface area contributed by atoms with Gasteiger partial charge in [0.05, 0.1) is 13.5 Å². The first kappa shape index (κ1) is 37.1. The van der Waals surface area contributed by atoms with Gasteiger partial charge in [-0.15, -0.1) is 0 Å². The van der Waals surface area contributed by atoms with Crippen LogP contribution in [-0.2, 0) is 4.79 Å². The standard InChI is InChI=1S/C51H42N2O3/c1-38(54)37-51(55)43-25-31-48(32-26-43)52(44-9-5-3-6-10-44)46-27-21-41(22-28-46)19-17-39-13-15-40(16-14-39)18-20-42-23-29-47(30-24-42)53(45-11-7-4-8-12-45)49-33-35-50(56-2)36-34-49/h3-36H,37H2,1-2H3/b19-17+,20-18+. The minimum atomic E-state index is -0.170. The van der Waals surface area contributed by atoms with Gasteiger partial charge in [0, 0.05) is 39.7 Å². The van der Waals surface area contributed by atoms with E-state index in [1.54, 1.807) is 19.2 Å². The van der Waals surface area contributed by atoms with Crippen molar-refractivity contribution in [2.24, 2.45) is 0 Å². The van der Waals surface area contributed by atoms with Gasteiger partial charge in [-0.3, -0.25) is 9.59 Å². The molecule has 0 atom stereocenters. The average molecular weight is 731 g/mol. The molecule has 274 valence electrons. The van der Waals surface area contributed by atoms with Crippen molar-refractivity contribution < 1.29 is 14.3 Å². The Hall–Kier alpha value is -7.24. The monoisotopic (exact) mass is 730 g/mol. The van der Waals surface area contributed by atoms with Gasteiger partial charge in [-0.2, -0.15) is 0 Å². The second-order valence-electron chi connectivity index (χ2n) is 13.4. The first-order valence-electron chi connectivity index (χ1n) is 18.6. The summed E-state index contributed by atoms with van der Waals surface area (Å²) >= 11 is 0. The Morgan fingerprint density at radius 2 is 0.732 bits per heavy atom. The summed E-state index contributed by atoms with van der Waals surface area (Å²) in [5, 5.41) is 0. The lowest BCUT2D eigenvalue weighted by Gasteiger charge is -2.25. The predicted octanol–water partition coefficient (Wildman–Crippen LogP) is 13.1. The molecule has 0 bridgehead atoms. The maximum atomic E-state index is 12.4. The summed E-state index contributed by atoms with van der Waals surface area (Å²) in [6.07, 6.45) is 8.42. The van der Waals surface area contributed by atoms with Crippen LogP contribution in [0.2, 0.25) is 0 Å². The Kier molecular flexibility index (Phi) is 11.7. The second-order valence-corrected chi connectivity index (χ2v) is 13.4. The summed E-state index contributed by atoms with van der Waals surface area (Å²) in [6.45, 7) is 1.43. The van der Waals surface area contributed by atoms with Crippen molar-refractivity contribution in [2.45, 2.75) is 13.3 Å². The van der Waals surface area contributed by atoms with Crippen LogP contribution in [0.5, 0.6) is 5.75 Å². The highest BCUT2D eigenvalue weighted by Crippen LogP contribution is 2.36. The zero-order valence-corrected chi connectivity index (χ0v) is 31.5. The Labute approximate surface area is 329 Å². The lowest BCUT2D eigenvalue weighted by Crippen LogP contribution is -2.10. The first-order valence-corrected chi connectivity index (χ1v) is 18.6. The van der Waals surface area contributed by atoms with E-state index >= 15 is 0 Å². The molecule has 0 fully saturated rings. The van der Waals surface area contributed by atoms with Gasteiger partial charge in [0.15, 0.2) is 5.78 Å². The number of Topliss-reactive ketones (excluding diaryl/α,β-unsaturated/α-hetero) is 2. The van der Waals surface area contributed by atoms with E-state index < -0.39 is 0 Å². The molecule has 0 aliphatic rings. The molecule has 0 radical (unpaired) electrons. The molecule has 0 saturated heterocycles. The van der Waals surface area contributed by atoms with E-state index in [1.807, 2.05) is 48.5 Å². The van der Waals surface area contributed by atoms with Gasteiger partial charge in [0.2, 0.25) is 0 Å². The van der Waals surface area contributed by atoms with Crippen LogP contribution in [0.25, 0.3) is 24.3 Å². The zero-order chi connectivity index (χ0) is 38.7. The highest BCUT2D eigenvalue weighted by atomic mass is 16.5. The smallest absolute Gasteiger partial charge is 0.170 e. The number of carbonyl (C=O) groups excluding carboxylic acids is 2. The molecule has 56 heavy (non-hydrogen) atoms. The molecule has 0 heterocycles. The molecule has 0 aliphatic heterocycles. The van der Waals surface area contributed by atoms with Crippen LogP contribution < -0.4 is 14.5 Å². The summed E-state index contributed by atoms with van der Waals surface area (Å²) in [5.41, 5.74) is 11.1. The fourth-order valence-corrected chi connectivity index (χ4v) is 6.48. The van der Waals surface area contributed by atoms with E-state index in [0.717, 1.165) is 62.1 Å². The number of nitrogens with zero attached hydrogens (tertiary/aromatic N) is 2. The van der Waals surface area contributed by atoms with Crippen molar-refractivity contribution in [3.05, 3.63) is 210 Å². The SMILES string of the molecule is COc1ccc(N(c2ccccc2)c2ccc(/C=C/c3ccc(/C=C/c4ccc(N(c5ccccc5)c5ccc(C(=O)CC(C)=O)cc5)cc4)cc3)cc2)cc1. The van der Waals surface area contributed by atoms with Crippen molar-refractivity contribution in [3.8, 4) is 5.75 Å². The zero-order valence-electron chi connectivity index (χ0n) is 31.5. The maximum Gasteiger partial charge on any atom is 0.170 e. The molecule has 7 rings (SSSR count). The molecule has 7 aromatic rings. The number of hydrogen-bond donors (Lipinski definition) is 0. The van der Waals surface area contributed by atoms with E-state index in [9.17, 15) is 9.59 Å². The Balaban J connectivity index is 1.01. The third kappa shape index (κ3) is 9.27. The molecule has 0 N–H and O–H groups in total. The Morgan fingerprint density at radius 1 is 0.429 bits per heavy atom. The topological polar surface area (TPSA) is 49.9 Å². The summed E-state index contributed by atoms with van der Waals surface area (Å²) < 4.78 is 5.38. The number of anilines is 6. The van der Waals surface area contributed by atoms with Crippen LogP contribution in [0.15, 0.2) is 182 Å². The van der Waals surface area contributed by atoms with E-state index in [0.29, 0.717) is 5.56 Å². The summed E-state index contributed by atoms with van der Waals surface area (Å²) in [6, 6.07) is 61.5. The number of hydrogen-bond acceptors (Lipinski definition) is 5. The highest BCUT2D eigenvalue weighted by Gasteiger charge is 2.15. The first-order chi connectivity index (χ1) is 27.4. The number of carbonyl (C=O) groups is 2. The quantitative estimate of drug-likeness (QED) is 0.0633. The van der Waals surface area contributed by atoms with Gasteiger partial charge in [-0.05, 0) is 126 Å². The molecule has 0 spiro atoms. The molecule has 0 unspecified atom stereocenters. The van der Waals surface area contributed by atoms with E-state index in [4.69, 9.17) is 4.74 Å². The van der Waals surface area contributed by atoms with Gasteiger partial charge in [0.1, 0.15) is 11.5 Å². The third-order valence-electron chi connectivity index (χ3n) is 9.39. The normalized spacial score (nSPS) is 11.1. The van der Waals surface area contributed by atoms with Crippen molar-refractivity contribution in [3.63, 3.8) is 0 Å². The van der Waals surface area contributed by atoms with Crippen molar-refractivity contribution in [1.82, 2.24) is 0 Å². The summed E-state index contributed by atoms with van der Waals surface area (Å²) in [7, 11) is 1.68. The molecule has 5 nitrogen and oxygen atoms in total. The van der Waals surface area contributed by atoms with E-state index in [2.05, 4.69) is 155 Å².